The van der Waals surface area contributed by atoms with Crippen molar-refractivity contribution in [3.05, 3.63) is 263 Å². The number of anilines is 3. The molecule has 598 valence electrons. The van der Waals surface area contributed by atoms with Gasteiger partial charge in [-0.05, 0) is 167 Å². The summed E-state index contributed by atoms with van der Waals surface area (Å²) in [5.74, 6) is -1.13. The van der Waals surface area contributed by atoms with Crippen LogP contribution in [0, 0.1) is 0 Å². The Morgan fingerprint density at radius 1 is 0.442 bits per heavy atom. The number of esters is 2. The van der Waals surface area contributed by atoms with Gasteiger partial charge in [-0.25, -0.2) is 38.9 Å². The van der Waals surface area contributed by atoms with Gasteiger partial charge in [0.1, 0.15) is 77.2 Å². The first-order chi connectivity index (χ1) is 53.5. The molecular formula is C81H84BrCl6N9O16. The van der Waals surface area contributed by atoms with E-state index in [0.717, 1.165) is 28.3 Å². The minimum absolute atomic E-state index is 0.0433. The third-order valence-corrected chi connectivity index (χ3v) is 17.9. The Bertz CT molecular complexity index is 4690. The van der Waals surface area contributed by atoms with Crippen molar-refractivity contribution in [3.63, 3.8) is 0 Å². The second kappa shape index (κ2) is 44.1. The standard InChI is InChI=1S/C29H31Cl2N3O6.C23H21Cl2N3O4.C17H15Cl2NO4.C12H17BrN2O2/c1-29(2,3)40-28(37)34(4)24-11-6-8-19(32-24)17-39-20-14-12-18(13-15-20)16-23(27(36)38-5)33-26(35)25-21(30)9-7-10-22(25)31;1-26-20-7-2-4-15(27-20)13-32-16-10-8-14(9-11-16)12-19(23(30)31)28-22(29)21-17(24)5-3-6-18(21)25;1-24-17(23)14(9-10-5-7-11(21)8-6-10)20-16(22)15-12(18)3-2-4-13(15)19;1-12(2,3)17-11(16)15(4)10-7-5-6-9(8-13)14-10/h6-15,23H,16-17H2,1-5H3,(H,33,35);2-11,19H,12-13H2,1H3,(H,26,27)(H,28,29)(H,30,31);2-8,14,21H,9H2,1H3,(H,20,22);5-7H,8H2,1-4H3/t23-;19-;14-;/m000./s1. The summed E-state index contributed by atoms with van der Waals surface area (Å²) in [6.07, 6.45) is -0.473. The van der Waals surface area contributed by atoms with E-state index in [2.05, 4.69) is 52.1 Å². The van der Waals surface area contributed by atoms with Crippen molar-refractivity contribution in [2.45, 2.75) is 109 Å². The Hall–Kier alpha value is -10.5. The van der Waals surface area contributed by atoms with Gasteiger partial charge in [0.15, 0.2) is 0 Å². The number of carbonyl (C=O) groups is 8. The minimum Gasteiger partial charge on any atom is -0.508 e. The number of alkyl halides is 1. The van der Waals surface area contributed by atoms with Crippen LogP contribution >= 0.6 is 85.5 Å². The molecule has 25 nitrogen and oxygen atoms in total. The lowest BCUT2D eigenvalue weighted by molar-refractivity contribution is -0.143. The number of hydrogen-bond donors (Lipinski definition) is 6. The number of carbonyl (C=O) groups excluding carboxylic acids is 7. The predicted octanol–water partition coefficient (Wildman–Crippen LogP) is 16.8. The Labute approximate surface area is 692 Å². The minimum atomic E-state index is -1.17. The van der Waals surface area contributed by atoms with Gasteiger partial charge in [0.2, 0.25) is 0 Å². The molecule has 3 aromatic heterocycles. The summed E-state index contributed by atoms with van der Waals surface area (Å²) in [5.41, 5.74) is 3.57. The maximum Gasteiger partial charge on any atom is 0.415 e. The molecule has 0 radical (unpaired) electrons. The molecule has 5 amide bonds. The molecule has 113 heavy (non-hydrogen) atoms. The zero-order valence-electron chi connectivity index (χ0n) is 63.3. The van der Waals surface area contributed by atoms with E-state index in [0.29, 0.717) is 46.3 Å². The number of carboxylic acids is 1. The number of ether oxygens (including phenoxy) is 6. The van der Waals surface area contributed by atoms with Crippen LogP contribution in [0.25, 0.3) is 0 Å². The highest BCUT2D eigenvalue weighted by Gasteiger charge is 2.29. The smallest absolute Gasteiger partial charge is 0.415 e. The molecule has 0 unspecified atom stereocenters. The fourth-order valence-electron chi connectivity index (χ4n) is 9.81. The molecule has 6 aromatic carbocycles. The Balaban J connectivity index is 0.000000245. The number of benzene rings is 6. The number of phenols is 1. The zero-order valence-corrected chi connectivity index (χ0v) is 69.4. The van der Waals surface area contributed by atoms with Crippen molar-refractivity contribution in [2.24, 2.45) is 0 Å². The first kappa shape index (κ1) is 91.4. The van der Waals surface area contributed by atoms with Gasteiger partial charge < -0.3 is 59.9 Å². The lowest BCUT2D eigenvalue weighted by Gasteiger charge is -2.24. The quantitative estimate of drug-likeness (QED) is 0.0176. The van der Waals surface area contributed by atoms with Crippen LogP contribution in [0.5, 0.6) is 17.2 Å². The van der Waals surface area contributed by atoms with Gasteiger partial charge in [0.05, 0.1) is 78.1 Å². The lowest BCUT2D eigenvalue weighted by Crippen LogP contribution is -2.43. The first-order valence-electron chi connectivity index (χ1n) is 34.4. The van der Waals surface area contributed by atoms with Crippen molar-refractivity contribution in [3.8, 4) is 17.2 Å². The third-order valence-electron chi connectivity index (χ3n) is 15.4. The van der Waals surface area contributed by atoms with Crippen molar-refractivity contribution in [1.29, 1.82) is 0 Å². The van der Waals surface area contributed by atoms with E-state index in [1.54, 1.807) is 157 Å². The number of carboxylic acid groups (broad SMARTS) is 1. The fourth-order valence-corrected chi connectivity index (χ4v) is 11.8. The molecule has 6 N–H and O–H groups in total. The predicted molar refractivity (Wildman–Crippen MR) is 440 cm³/mol. The van der Waals surface area contributed by atoms with Crippen molar-refractivity contribution in [2.75, 3.05) is 50.5 Å². The van der Waals surface area contributed by atoms with Crippen LogP contribution < -0.4 is 40.5 Å². The van der Waals surface area contributed by atoms with E-state index in [9.17, 15) is 48.6 Å². The Kier molecular flexibility index (Phi) is 35.7. The number of aromatic nitrogens is 3. The van der Waals surface area contributed by atoms with Crippen LogP contribution in [0.15, 0.2) is 182 Å². The van der Waals surface area contributed by atoms with Gasteiger partial charge >= 0.3 is 30.1 Å². The van der Waals surface area contributed by atoms with E-state index >= 15 is 0 Å². The Morgan fingerprint density at radius 3 is 1.09 bits per heavy atom. The number of phenolic OH excluding ortho intramolecular Hbond substituents is 1. The van der Waals surface area contributed by atoms with Gasteiger partial charge in [-0.2, -0.15) is 0 Å². The summed E-state index contributed by atoms with van der Waals surface area (Å²) < 4.78 is 31.9. The molecule has 0 bridgehead atoms. The SMILES string of the molecule is CN(C(=O)OC(C)(C)C)c1cccc(CBr)n1.CNc1cccc(COc2ccc(C[C@H](NC(=O)c3c(Cl)cccc3Cl)C(=O)O)cc2)n1.COC(=O)[C@H](Cc1ccc(O)cc1)NC(=O)c1c(Cl)cccc1Cl.COC(=O)[C@H](Cc1ccc(OCc2cccc(N(C)C(=O)OC(C)(C)C)n2)cc1)NC(=O)c1c(Cl)cccc1Cl. The summed E-state index contributed by atoms with van der Waals surface area (Å²) in [6.45, 7) is 11.3. The normalized spacial score (nSPS) is 11.6. The van der Waals surface area contributed by atoms with Gasteiger partial charge in [-0.1, -0.05) is 158 Å². The highest BCUT2D eigenvalue weighted by Crippen LogP contribution is 2.29. The second-order valence-corrected chi connectivity index (χ2v) is 29.4. The van der Waals surface area contributed by atoms with Crippen LogP contribution in [0.1, 0.15) is 106 Å². The van der Waals surface area contributed by atoms with Crippen LogP contribution in [-0.2, 0) is 71.1 Å². The van der Waals surface area contributed by atoms with Gasteiger partial charge in [0.25, 0.3) is 17.7 Å². The van der Waals surface area contributed by atoms with Crippen LogP contribution in [0.2, 0.25) is 30.1 Å². The molecule has 32 heteroatoms. The molecule has 0 saturated carbocycles. The van der Waals surface area contributed by atoms with Crippen LogP contribution in [-0.4, -0.2) is 138 Å². The number of amides is 5. The number of nitrogens with zero attached hydrogens (tertiary/aromatic N) is 5. The number of nitrogens with one attached hydrogen (secondary N) is 4. The monoisotopic (exact) mass is 1730 g/mol. The summed E-state index contributed by atoms with van der Waals surface area (Å²) >= 11 is 39.7. The molecular weight excluding hydrogens is 1650 g/mol. The van der Waals surface area contributed by atoms with Gasteiger partial charge in [0, 0.05) is 45.7 Å². The van der Waals surface area contributed by atoms with Crippen LogP contribution in [0.4, 0.5) is 27.0 Å². The maximum atomic E-state index is 12.8. The maximum absolute atomic E-state index is 12.8. The van der Waals surface area contributed by atoms with Crippen molar-refractivity contribution in [1.82, 2.24) is 30.9 Å². The van der Waals surface area contributed by atoms with Crippen LogP contribution in [0.3, 0.4) is 0 Å². The molecule has 0 aliphatic carbocycles. The molecule has 0 aliphatic rings. The molecule has 9 aromatic rings. The lowest BCUT2D eigenvalue weighted by atomic mass is 10.0. The number of rotatable bonds is 25. The second-order valence-electron chi connectivity index (χ2n) is 26.3. The summed E-state index contributed by atoms with van der Waals surface area (Å²) in [4.78, 5) is 114. The van der Waals surface area contributed by atoms with E-state index in [1.165, 1.54) is 60.4 Å². The van der Waals surface area contributed by atoms with E-state index < -0.39 is 77.1 Å². The molecule has 0 spiro atoms. The molecule has 3 heterocycles. The van der Waals surface area contributed by atoms with E-state index in [4.69, 9.17) is 98.0 Å². The number of hydrogen-bond acceptors (Lipinski definition) is 19. The highest BCUT2D eigenvalue weighted by atomic mass is 79.9. The molecule has 3 atom stereocenters. The highest BCUT2D eigenvalue weighted by molar-refractivity contribution is 9.08. The molecule has 0 fully saturated rings. The van der Waals surface area contributed by atoms with Crippen molar-refractivity contribution >= 4 is 151 Å². The summed E-state index contributed by atoms with van der Waals surface area (Å²) in [7, 11) is 7.51. The van der Waals surface area contributed by atoms with E-state index in [-0.39, 0.29) is 78.4 Å². The van der Waals surface area contributed by atoms with Gasteiger partial charge in [-0.15, -0.1) is 0 Å². The summed E-state index contributed by atoms with van der Waals surface area (Å²) in [6, 6.07) is 47.7. The average Bonchev–Trinajstić information content (AvgIpc) is 0.840. The number of aromatic hydroxyl groups is 1. The number of methoxy groups -OCH3 is 2. The van der Waals surface area contributed by atoms with Gasteiger partial charge in [-0.3, -0.25) is 24.2 Å². The molecule has 9 rings (SSSR count). The zero-order chi connectivity index (χ0) is 83.3. The number of halogens is 7. The number of pyridine rings is 3. The largest absolute Gasteiger partial charge is 0.508 e. The van der Waals surface area contributed by atoms with Crippen molar-refractivity contribution < 1.29 is 77.0 Å². The topological polar surface area (TPSA) is 326 Å². The Morgan fingerprint density at radius 2 is 0.752 bits per heavy atom. The summed E-state index contributed by atoms with van der Waals surface area (Å²) in [5, 5.41) is 31.2. The third kappa shape index (κ3) is 29.9. The number of aliphatic carboxylic acids is 1. The fraction of sp³-hybridized carbons (Fsp3) is 0.272. The molecule has 0 saturated heterocycles. The first-order valence-corrected chi connectivity index (χ1v) is 37.8. The molecule has 0 aliphatic heterocycles. The average molecular weight is 1730 g/mol. The van der Waals surface area contributed by atoms with E-state index in [1.807, 2.05) is 51.1 Å².